The van der Waals surface area contributed by atoms with Gasteiger partial charge in [0.2, 0.25) is 0 Å². The predicted molar refractivity (Wildman–Crippen MR) is 63.6 cm³/mol. The number of benzene rings is 1. The van der Waals surface area contributed by atoms with Crippen LogP contribution in [-0.2, 0) is 4.79 Å². The molecule has 0 aromatic heterocycles. The van der Waals surface area contributed by atoms with Gasteiger partial charge in [0.05, 0.1) is 5.02 Å². The molecule has 0 bridgehead atoms. The van der Waals surface area contributed by atoms with Crippen LogP contribution in [0.25, 0.3) is 0 Å². The van der Waals surface area contributed by atoms with E-state index < -0.39 is 6.10 Å². The first-order chi connectivity index (χ1) is 7.65. The number of hydrogen-bond acceptors (Lipinski definition) is 3. The Morgan fingerprint density at radius 2 is 2.25 bits per heavy atom. The quantitative estimate of drug-likeness (QED) is 0.815. The molecule has 0 aliphatic heterocycles. The van der Waals surface area contributed by atoms with Crippen LogP contribution in [0, 0.1) is 0 Å². The molecule has 88 valence electrons. The van der Waals surface area contributed by atoms with Crippen LogP contribution in [-0.4, -0.2) is 25.1 Å². The Kier molecular flexibility index (Phi) is 5.08. The molecule has 0 spiro atoms. The van der Waals surface area contributed by atoms with Crippen molar-refractivity contribution in [3.8, 4) is 5.75 Å². The Hall–Kier alpha value is -1.26. The SMILES string of the molecule is CC(Oc1ccccc1Cl)C(=O)NCCN. The molecule has 1 aromatic carbocycles. The summed E-state index contributed by atoms with van der Waals surface area (Å²) in [5.74, 6) is 0.296. The molecule has 3 N–H and O–H groups in total. The molecule has 4 nitrogen and oxygen atoms in total. The molecule has 1 amide bonds. The number of nitrogens with two attached hydrogens (primary N) is 1. The molecule has 0 fully saturated rings. The summed E-state index contributed by atoms with van der Waals surface area (Å²) < 4.78 is 5.42. The summed E-state index contributed by atoms with van der Waals surface area (Å²) in [6.45, 7) is 2.51. The predicted octanol–water partition coefficient (Wildman–Crippen LogP) is 1.18. The van der Waals surface area contributed by atoms with Crippen molar-refractivity contribution in [3.05, 3.63) is 29.3 Å². The maximum absolute atomic E-state index is 11.5. The molecule has 0 radical (unpaired) electrons. The third-order valence-electron chi connectivity index (χ3n) is 1.95. The van der Waals surface area contributed by atoms with Crippen molar-refractivity contribution >= 4 is 17.5 Å². The summed E-state index contributed by atoms with van der Waals surface area (Å²) in [6.07, 6.45) is -0.591. The maximum atomic E-state index is 11.5. The fourth-order valence-electron chi connectivity index (χ4n) is 1.12. The first-order valence-corrected chi connectivity index (χ1v) is 5.42. The molecule has 0 heterocycles. The molecule has 1 rings (SSSR count). The highest BCUT2D eigenvalue weighted by Gasteiger charge is 2.14. The van der Waals surface area contributed by atoms with E-state index in [1.807, 2.05) is 0 Å². The zero-order valence-corrected chi connectivity index (χ0v) is 9.83. The van der Waals surface area contributed by atoms with Gasteiger partial charge in [0.1, 0.15) is 5.75 Å². The zero-order chi connectivity index (χ0) is 12.0. The molecule has 1 unspecified atom stereocenters. The zero-order valence-electron chi connectivity index (χ0n) is 9.07. The minimum absolute atomic E-state index is 0.203. The van der Waals surface area contributed by atoms with Crippen molar-refractivity contribution < 1.29 is 9.53 Å². The largest absolute Gasteiger partial charge is 0.479 e. The van der Waals surface area contributed by atoms with E-state index in [1.54, 1.807) is 31.2 Å². The average Bonchev–Trinajstić information content (AvgIpc) is 2.28. The molecule has 0 saturated carbocycles. The lowest BCUT2D eigenvalue weighted by Gasteiger charge is -2.15. The number of carbonyl (C=O) groups is 1. The molecule has 1 atom stereocenters. The van der Waals surface area contributed by atoms with Gasteiger partial charge >= 0.3 is 0 Å². The van der Waals surface area contributed by atoms with Crippen LogP contribution in [0.1, 0.15) is 6.92 Å². The average molecular weight is 243 g/mol. The van der Waals surface area contributed by atoms with Gasteiger partial charge in [-0.25, -0.2) is 0 Å². The van der Waals surface area contributed by atoms with Crippen LogP contribution < -0.4 is 15.8 Å². The summed E-state index contributed by atoms with van der Waals surface area (Å²) in [5.41, 5.74) is 5.28. The third kappa shape index (κ3) is 3.72. The molecule has 0 aliphatic carbocycles. The second-order valence-electron chi connectivity index (χ2n) is 3.27. The number of para-hydroxylation sites is 1. The van der Waals surface area contributed by atoms with Crippen molar-refractivity contribution in [1.29, 1.82) is 0 Å². The summed E-state index contributed by atoms with van der Waals surface area (Å²) in [7, 11) is 0. The number of hydrogen-bond donors (Lipinski definition) is 2. The third-order valence-corrected chi connectivity index (χ3v) is 2.27. The number of carbonyl (C=O) groups excluding carboxylic acids is 1. The van der Waals surface area contributed by atoms with E-state index in [2.05, 4.69) is 5.32 Å². The van der Waals surface area contributed by atoms with Gasteiger partial charge in [-0.15, -0.1) is 0 Å². The molecule has 1 aromatic rings. The Morgan fingerprint density at radius 3 is 2.88 bits per heavy atom. The Labute approximate surface area is 99.7 Å². The van der Waals surface area contributed by atoms with Gasteiger partial charge in [-0.1, -0.05) is 23.7 Å². The number of halogens is 1. The van der Waals surface area contributed by atoms with Gasteiger partial charge in [0.25, 0.3) is 5.91 Å². The molecule has 0 aliphatic rings. The molecular weight excluding hydrogens is 228 g/mol. The van der Waals surface area contributed by atoms with E-state index in [1.165, 1.54) is 0 Å². The smallest absolute Gasteiger partial charge is 0.260 e. The van der Waals surface area contributed by atoms with Crippen molar-refractivity contribution in [2.75, 3.05) is 13.1 Å². The van der Waals surface area contributed by atoms with Crippen LogP contribution in [0.4, 0.5) is 0 Å². The van der Waals surface area contributed by atoms with E-state index >= 15 is 0 Å². The van der Waals surface area contributed by atoms with Crippen molar-refractivity contribution in [2.45, 2.75) is 13.0 Å². The summed E-state index contributed by atoms with van der Waals surface area (Å²) in [5, 5.41) is 3.13. The monoisotopic (exact) mass is 242 g/mol. The molecule has 5 heteroatoms. The van der Waals surface area contributed by atoms with Crippen LogP contribution in [0.15, 0.2) is 24.3 Å². The van der Waals surface area contributed by atoms with Crippen molar-refractivity contribution in [1.82, 2.24) is 5.32 Å². The second-order valence-corrected chi connectivity index (χ2v) is 3.68. The highest BCUT2D eigenvalue weighted by atomic mass is 35.5. The lowest BCUT2D eigenvalue weighted by molar-refractivity contribution is -0.127. The normalized spacial score (nSPS) is 11.9. The van der Waals surface area contributed by atoms with Crippen molar-refractivity contribution in [3.63, 3.8) is 0 Å². The van der Waals surface area contributed by atoms with Gasteiger partial charge < -0.3 is 15.8 Å². The van der Waals surface area contributed by atoms with Crippen LogP contribution in [0.3, 0.4) is 0 Å². The van der Waals surface area contributed by atoms with Gasteiger partial charge in [0.15, 0.2) is 6.10 Å². The minimum Gasteiger partial charge on any atom is -0.479 e. The second kappa shape index (κ2) is 6.35. The number of amides is 1. The van der Waals surface area contributed by atoms with Crippen LogP contribution in [0.2, 0.25) is 5.02 Å². The lowest BCUT2D eigenvalue weighted by atomic mass is 10.3. The van der Waals surface area contributed by atoms with Crippen LogP contribution in [0.5, 0.6) is 5.75 Å². The van der Waals surface area contributed by atoms with Gasteiger partial charge in [-0.2, -0.15) is 0 Å². The highest BCUT2D eigenvalue weighted by molar-refractivity contribution is 6.32. The molecular formula is C11H15ClN2O2. The molecule has 0 saturated heterocycles. The topological polar surface area (TPSA) is 64.3 Å². The summed E-state index contributed by atoms with van der Waals surface area (Å²) in [4.78, 5) is 11.5. The van der Waals surface area contributed by atoms with Gasteiger partial charge in [-0.05, 0) is 19.1 Å². The summed E-state index contributed by atoms with van der Waals surface area (Å²) >= 11 is 5.90. The first-order valence-electron chi connectivity index (χ1n) is 5.04. The molecule has 16 heavy (non-hydrogen) atoms. The maximum Gasteiger partial charge on any atom is 0.260 e. The standard InChI is InChI=1S/C11H15ClN2O2/c1-8(11(15)14-7-6-13)16-10-5-3-2-4-9(10)12/h2-5,8H,6-7,13H2,1H3,(H,14,15). The van der Waals surface area contributed by atoms with E-state index in [4.69, 9.17) is 22.1 Å². The van der Waals surface area contributed by atoms with Crippen molar-refractivity contribution in [2.24, 2.45) is 5.73 Å². The Bertz CT molecular complexity index is 358. The van der Waals surface area contributed by atoms with Gasteiger partial charge in [-0.3, -0.25) is 4.79 Å². The Balaban J connectivity index is 2.54. The number of rotatable bonds is 5. The lowest BCUT2D eigenvalue weighted by Crippen LogP contribution is -2.38. The summed E-state index contributed by atoms with van der Waals surface area (Å²) in [6, 6.07) is 7.02. The fraction of sp³-hybridized carbons (Fsp3) is 0.364. The Morgan fingerprint density at radius 1 is 1.56 bits per heavy atom. The minimum atomic E-state index is -0.591. The number of ether oxygens (including phenoxy) is 1. The number of nitrogens with one attached hydrogen (secondary N) is 1. The van der Waals surface area contributed by atoms with E-state index in [0.29, 0.717) is 23.9 Å². The van der Waals surface area contributed by atoms with E-state index in [0.717, 1.165) is 0 Å². The van der Waals surface area contributed by atoms with E-state index in [9.17, 15) is 4.79 Å². The fourth-order valence-corrected chi connectivity index (χ4v) is 1.30. The van der Waals surface area contributed by atoms with E-state index in [-0.39, 0.29) is 5.91 Å². The van der Waals surface area contributed by atoms with Crippen LogP contribution >= 0.6 is 11.6 Å². The van der Waals surface area contributed by atoms with Gasteiger partial charge in [0, 0.05) is 13.1 Å². The first kappa shape index (κ1) is 12.8. The highest BCUT2D eigenvalue weighted by Crippen LogP contribution is 2.24.